The van der Waals surface area contributed by atoms with Gasteiger partial charge in [-0.05, 0) is 61.3 Å². The van der Waals surface area contributed by atoms with Gasteiger partial charge in [-0.25, -0.2) is 0 Å². The van der Waals surface area contributed by atoms with E-state index >= 15 is 0 Å². The van der Waals surface area contributed by atoms with Gasteiger partial charge in [0, 0.05) is 0 Å². The van der Waals surface area contributed by atoms with Crippen molar-refractivity contribution in [1.82, 2.24) is 0 Å². The first-order valence-electron chi connectivity index (χ1n) is 15.6. The van der Waals surface area contributed by atoms with Crippen LogP contribution in [0.25, 0.3) is 0 Å². The number of phenols is 1. The van der Waals surface area contributed by atoms with Gasteiger partial charge in [0.2, 0.25) is 0 Å². The molecular formula is C33H60O. The van der Waals surface area contributed by atoms with Crippen LogP contribution < -0.4 is 0 Å². The Balaban J connectivity index is 2.49. The predicted molar refractivity (Wildman–Crippen MR) is 153 cm³/mol. The van der Waals surface area contributed by atoms with E-state index in [0.717, 1.165) is 12.8 Å². The number of phenolic OH excluding ortho intramolecular Hbond substituents is 1. The zero-order chi connectivity index (χ0) is 24.7. The molecule has 0 unspecified atom stereocenters. The summed E-state index contributed by atoms with van der Waals surface area (Å²) < 4.78 is 0. The smallest absolute Gasteiger partial charge is 0.119 e. The molecule has 0 bridgehead atoms. The highest BCUT2D eigenvalue weighted by molar-refractivity contribution is 5.45. The Morgan fingerprint density at radius 3 is 1.24 bits per heavy atom. The number of rotatable bonds is 24. The van der Waals surface area contributed by atoms with Crippen molar-refractivity contribution in [3.05, 3.63) is 28.8 Å². The molecule has 0 aliphatic carbocycles. The van der Waals surface area contributed by atoms with E-state index in [9.17, 15) is 5.11 Å². The maximum absolute atomic E-state index is 10.8. The average molecular weight is 473 g/mol. The van der Waals surface area contributed by atoms with E-state index in [1.54, 1.807) is 0 Å². The van der Waals surface area contributed by atoms with Gasteiger partial charge in [0.1, 0.15) is 5.75 Å². The van der Waals surface area contributed by atoms with Gasteiger partial charge in [-0.15, -0.1) is 0 Å². The van der Waals surface area contributed by atoms with E-state index in [-0.39, 0.29) is 0 Å². The summed E-state index contributed by atoms with van der Waals surface area (Å²) in [5.74, 6) is 0.560. The van der Waals surface area contributed by atoms with Crippen molar-refractivity contribution in [1.29, 1.82) is 0 Å². The van der Waals surface area contributed by atoms with Crippen molar-refractivity contribution in [2.45, 2.75) is 175 Å². The van der Waals surface area contributed by atoms with Crippen LogP contribution in [0.1, 0.15) is 172 Å². The van der Waals surface area contributed by atoms with Gasteiger partial charge in [0.15, 0.2) is 0 Å². The second kappa shape index (κ2) is 22.5. The maximum atomic E-state index is 10.8. The number of benzene rings is 1. The van der Waals surface area contributed by atoms with E-state index in [1.165, 1.54) is 158 Å². The van der Waals surface area contributed by atoms with Crippen LogP contribution in [0.4, 0.5) is 0 Å². The Hall–Kier alpha value is -0.980. The Kier molecular flexibility index (Phi) is 20.5. The van der Waals surface area contributed by atoms with Gasteiger partial charge < -0.3 is 5.11 Å². The van der Waals surface area contributed by atoms with Crippen molar-refractivity contribution in [3.8, 4) is 5.75 Å². The predicted octanol–water partition coefficient (Wildman–Crippen LogP) is 11.3. The summed E-state index contributed by atoms with van der Waals surface area (Å²) in [4.78, 5) is 0. The fraction of sp³-hybridized carbons (Fsp3) is 0.818. The van der Waals surface area contributed by atoms with Crippen LogP contribution in [-0.2, 0) is 19.3 Å². The summed E-state index contributed by atoms with van der Waals surface area (Å²) in [6.45, 7) is 6.87. The van der Waals surface area contributed by atoms with E-state index < -0.39 is 0 Å². The highest BCUT2D eigenvalue weighted by atomic mass is 16.3. The standard InChI is InChI=1S/C33H60O/c1-4-7-10-12-14-16-17-19-21-24-27-32-31(26-23-20-18-15-13-11-8-5-2)30(25-22-9-6-3)28-29-33(32)34/h28-29,34H,4-27H2,1-3H3. The molecule has 0 amide bonds. The molecule has 1 rings (SSSR count). The quantitative estimate of drug-likeness (QED) is 0.148. The molecule has 1 aromatic carbocycles. The van der Waals surface area contributed by atoms with Gasteiger partial charge in [-0.3, -0.25) is 0 Å². The molecule has 1 nitrogen and oxygen atoms in total. The molecule has 34 heavy (non-hydrogen) atoms. The summed E-state index contributed by atoms with van der Waals surface area (Å²) in [6.07, 6.45) is 31.9. The molecule has 0 spiro atoms. The topological polar surface area (TPSA) is 20.2 Å². The third-order valence-corrected chi connectivity index (χ3v) is 7.61. The maximum Gasteiger partial charge on any atom is 0.119 e. The molecule has 0 aliphatic rings. The molecule has 198 valence electrons. The van der Waals surface area contributed by atoms with Crippen LogP contribution in [0, 0.1) is 0 Å². The van der Waals surface area contributed by atoms with Crippen LogP contribution in [0.15, 0.2) is 12.1 Å². The Morgan fingerprint density at radius 2 is 0.765 bits per heavy atom. The molecule has 0 atom stereocenters. The minimum absolute atomic E-state index is 0.560. The van der Waals surface area contributed by atoms with Crippen LogP contribution >= 0.6 is 0 Å². The fourth-order valence-corrected chi connectivity index (χ4v) is 5.34. The first-order chi connectivity index (χ1) is 16.7. The molecule has 0 saturated carbocycles. The lowest BCUT2D eigenvalue weighted by Crippen LogP contribution is -2.03. The fourth-order valence-electron chi connectivity index (χ4n) is 5.34. The van der Waals surface area contributed by atoms with Crippen LogP contribution in [0.3, 0.4) is 0 Å². The zero-order valence-corrected chi connectivity index (χ0v) is 23.6. The molecule has 1 N–H and O–H groups in total. The second-order valence-electron chi connectivity index (χ2n) is 10.8. The molecule has 0 fully saturated rings. The average Bonchev–Trinajstić information content (AvgIpc) is 2.84. The molecule has 1 aromatic rings. The molecule has 0 aliphatic heterocycles. The van der Waals surface area contributed by atoms with Crippen molar-refractivity contribution < 1.29 is 5.11 Å². The van der Waals surface area contributed by atoms with Gasteiger partial charge in [0.05, 0.1) is 0 Å². The number of aromatic hydroxyl groups is 1. The lowest BCUT2D eigenvalue weighted by molar-refractivity contribution is 0.463. The van der Waals surface area contributed by atoms with Crippen molar-refractivity contribution >= 4 is 0 Å². The largest absolute Gasteiger partial charge is 0.508 e. The lowest BCUT2D eigenvalue weighted by Gasteiger charge is -2.17. The number of aryl methyl sites for hydroxylation is 1. The van der Waals surface area contributed by atoms with Crippen LogP contribution in [0.2, 0.25) is 0 Å². The van der Waals surface area contributed by atoms with Crippen molar-refractivity contribution in [2.24, 2.45) is 0 Å². The zero-order valence-electron chi connectivity index (χ0n) is 23.6. The third kappa shape index (κ3) is 15.1. The van der Waals surface area contributed by atoms with Crippen LogP contribution in [0.5, 0.6) is 5.75 Å². The summed E-state index contributed by atoms with van der Waals surface area (Å²) in [6, 6.07) is 4.22. The first-order valence-corrected chi connectivity index (χ1v) is 15.6. The summed E-state index contributed by atoms with van der Waals surface area (Å²) in [5.41, 5.74) is 4.32. The number of hydrogen-bond donors (Lipinski definition) is 1. The molecule has 0 aromatic heterocycles. The summed E-state index contributed by atoms with van der Waals surface area (Å²) in [7, 11) is 0. The van der Waals surface area contributed by atoms with E-state index in [1.807, 2.05) is 6.07 Å². The van der Waals surface area contributed by atoms with E-state index in [2.05, 4.69) is 26.8 Å². The minimum Gasteiger partial charge on any atom is -0.508 e. The van der Waals surface area contributed by atoms with Crippen LogP contribution in [-0.4, -0.2) is 5.11 Å². The molecule has 0 radical (unpaired) electrons. The summed E-state index contributed by atoms with van der Waals surface area (Å²) >= 11 is 0. The van der Waals surface area contributed by atoms with Gasteiger partial charge in [-0.1, -0.05) is 142 Å². The van der Waals surface area contributed by atoms with Crippen molar-refractivity contribution in [2.75, 3.05) is 0 Å². The van der Waals surface area contributed by atoms with Gasteiger partial charge in [-0.2, -0.15) is 0 Å². The molecule has 0 heterocycles. The van der Waals surface area contributed by atoms with Crippen molar-refractivity contribution in [3.63, 3.8) is 0 Å². The highest BCUT2D eigenvalue weighted by Gasteiger charge is 2.13. The monoisotopic (exact) mass is 472 g/mol. The first kappa shape index (κ1) is 31.1. The Morgan fingerprint density at radius 1 is 0.412 bits per heavy atom. The third-order valence-electron chi connectivity index (χ3n) is 7.61. The SMILES string of the molecule is CCCCCCCCCCCCc1c(O)ccc(CCCCC)c1CCCCCCCCCC. The van der Waals surface area contributed by atoms with E-state index in [0.29, 0.717) is 5.75 Å². The normalized spacial score (nSPS) is 11.4. The van der Waals surface area contributed by atoms with Gasteiger partial charge >= 0.3 is 0 Å². The number of hydrogen-bond acceptors (Lipinski definition) is 1. The Labute approximate surface area is 214 Å². The summed E-state index contributed by atoms with van der Waals surface area (Å²) in [5, 5.41) is 10.8. The van der Waals surface area contributed by atoms with Gasteiger partial charge in [0.25, 0.3) is 0 Å². The minimum atomic E-state index is 0.560. The second-order valence-corrected chi connectivity index (χ2v) is 10.8. The highest BCUT2D eigenvalue weighted by Crippen LogP contribution is 2.30. The lowest BCUT2D eigenvalue weighted by atomic mass is 9.89. The molecule has 0 saturated heterocycles. The van der Waals surface area contributed by atoms with E-state index in [4.69, 9.17) is 0 Å². The molecular weight excluding hydrogens is 412 g/mol. The Bertz CT molecular complexity index is 576. The molecule has 1 heteroatoms. The number of unbranched alkanes of at least 4 members (excludes halogenated alkanes) is 18.